The fourth-order valence-electron chi connectivity index (χ4n) is 4.12. The lowest BCUT2D eigenvalue weighted by atomic mass is 9.88. The van der Waals surface area contributed by atoms with E-state index < -0.39 is 0 Å². The summed E-state index contributed by atoms with van der Waals surface area (Å²) in [7, 11) is 0. The molecule has 0 aliphatic carbocycles. The van der Waals surface area contributed by atoms with E-state index in [4.69, 9.17) is 26.1 Å². The third-order valence-corrected chi connectivity index (χ3v) is 7.01. The van der Waals surface area contributed by atoms with Crippen molar-refractivity contribution in [2.24, 2.45) is 5.92 Å². The number of ether oxygens (including phenoxy) is 2. The summed E-state index contributed by atoms with van der Waals surface area (Å²) in [5.41, 5.74) is 2.88. The topological polar surface area (TPSA) is 51.7 Å². The van der Waals surface area contributed by atoms with E-state index in [-0.39, 0.29) is 11.7 Å². The first kappa shape index (κ1) is 20.5. The fourth-order valence-corrected chi connectivity index (χ4v) is 5.06. The lowest BCUT2D eigenvalue weighted by Gasteiger charge is -2.30. The molecule has 0 N–H and O–H groups in total. The van der Waals surface area contributed by atoms with Crippen LogP contribution in [0.4, 0.5) is 0 Å². The molecule has 0 amide bonds. The lowest BCUT2D eigenvalue weighted by molar-refractivity contribution is 0.0833. The van der Waals surface area contributed by atoms with E-state index in [1.807, 2.05) is 42.5 Å². The molecule has 160 valence electrons. The van der Waals surface area contributed by atoms with Crippen molar-refractivity contribution in [3.63, 3.8) is 0 Å². The number of ketones is 1. The molecule has 7 heteroatoms. The molecule has 1 saturated heterocycles. The van der Waals surface area contributed by atoms with Gasteiger partial charge in [-0.05, 0) is 56.3 Å². The van der Waals surface area contributed by atoms with E-state index in [2.05, 4.69) is 10.3 Å². The van der Waals surface area contributed by atoms with Gasteiger partial charge in [0, 0.05) is 34.0 Å². The van der Waals surface area contributed by atoms with Crippen molar-refractivity contribution in [3.8, 4) is 22.1 Å². The molecule has 5 rings (SSSR count). The van der Waals surface area contributed by atoms with Crippen molar-refractivity contribution < 1.29 is 14.3 Å². The summed E-state index contributed by atoms with van der Waals surface area (Å²) < 4.78 is 11.2. The second kappa shape index (κ2) is 8.99. The van der Waals surface area contributed by atoms with Crippen LogP contribution < -0.4 is 9.47 Å². The molecule has 0 saturated carbocycles. The highest BCUT2D eigenvalue weighted by molar-refractivity contribution is 7.13. The number of carbonyl (C=O) groups is 1. The van der Waals surface area contributed by atoms with Gasteiger partial charge in [0.15, 0.2) is 17.3 Å². The van der Waals surface area contributed by atoms with Gasteiger partial charge in [0.25, 0.3) is 0 Å². The van der Waals surface area contributed by atoms with Crippen molar-refractivity contribution in [1.82, 2.24) is 9.88 Å². The van der Waals surface area contributed by atoms with E-state index in [0.29, 0.717) is 19.0 Å². The Hall–Kier alpha value is -2.41. The van der Waals surface area contributed by atoms with Gasteiger partial charge in [0.05, 0.1) is 5.69 Å². The lowest BCUT2D eigenvalue weighted by Crippen LogP contribution is -2.36. The molecule has 1 fully saturated rings. The predicted molar refractivity (Wildman–Crippen MR) is 122 cm³/mol. The second-order valence-electron chi connectivity index (χ2n) is 7.92. The maximum absolute atomic E-state index is 13.0. The van der Waals surface area contributed by atoms with Crippen molar-refractivity contribution >= 4 is 28.7 Å². The number of thiazole rings is 1. The van der Waals surface area contributed by atoms with Gasteiger partial charge in [-0.1, -0.05) is 23.7 Å². The molecule has 2 aromatic carbocycles. The number of Topliss-reactive ketones (excluding diaryl/α,β-unsaturated/α-hetero) is 1. The summed E-state index contributed by atoms with van der Waals surface area (Å²) >= 11 is 7.63. The first-order valence-corrected chi connectivity index (χ1v) is 11.8. The maximum Gasteiger partial charge on any atom is 0.166 e. The van der Waals surface area contributed by atoms with Crippen LogP contribution in [0.2, 0.25) is 5.02 Å². The summed E-state index contributed by atoms with van der Waals surface area (Å²) in [5.74, 6) is 1.66. The smallest absolute Gasteiger partial charge is 0.166 e. The zero-order chi connectivity index (χ0) is 21.2. The SMILES string of the molecule is O=C(c1ccc2c(c1)OCCO2)C1CCN(Cc2csc(-c3ccc(Cl)cc3)n2)CC1. The Morgan fingerprint density at radius 3 is 2.58 bits per heavy atom. The summed E-state index contributed by atoms with van der Waals surface area (Å²) in [5, 5.41) is 3.86. The largest absolute Gasteiger partial charge is 0.486 e. The number of fused-ring (bicyclic) bond motifs is 1. The van der Waals surface area contributed by atoms with Crippen LogP contribution in [0.25, 0.3) is 10.6 Å². The number of hydrogen-bond donors (Lipinski definition) is 0. The molecule has 2 aliphatic rings. The molecule has 3 aromatic rings. The van der Waals surface area contributed by atoms with Gasteiger partial charge in [-0.2, -0.15) is 0 Å². The molecule has 0 spiro atoms. The Bertz CT molecular complexity index is 1070. The van der Waals surface area contributed by atoms with E-state index in [1.54, 1.807) is 11.3 Å². The van der Waals surface area contributed by atoms with Crippen LogP contribution >= 0.6 is 22.9 Å². The van der Waals surface area contributed by atoms with Crippen LogP contribution in [0.5, 0.6) is 11.5 Å². The molecule has 5 nitrogen and oxygen atoms in total. The molecule has 0 atom stereocenters. The van der Waals surface area contributed by atoms with E-state index >= 15 is 0 Å². The average molecular weight is 455 g/mol. The standard InChI is InChI=1S/C24H23ClN2O3S/c25-19-4-1-17(2-5-19)24-26-20(15-31-24)14-27-9-7-16(8-10-27)23(28)18-3-6-21-22(13-18)30-12-11-29-21/h1-6,13,15-16H,7-12,14H2. The van der Waals surface area contributed by atoms with Gasteiger partial charge < -0.3 is 9.47 Å². The minimum absolute atomic E-state index is 0.0545. The van der Waals surface area contributed by atoms with E-state index in [1.165, 1.54) is 0 Å². The normalized spacial score (nSPS) is 16.9. The number of carbonyl (C=O) groups excluding carboxylic acids is 1. The maximum atomic E-state index is 13.0. The molecule has 0 bridgehead atoms. The minimum Gasteiger partial charge on any atom is -0.486 e. The third kappa shape index (κ3) is 4.61. The van der Waals surface area contributed by atoms with Crippen LogP contribution in [0.15, 0.2) is 47.8 Å². The molecule has 1 aromatic heterocycles. The number of nitrogens with zero attached hydrogens (tertiary/aromatic N) is 2. The van der Waals surface area contributed by atoms with Crippen LogP contribution in [0.1, 0.15) is 28.9 Å². The first-order chi connectivity index (χ1) is 15.2. The molecule has 31 heavy (non-hydrogen) atoms. The van der Waals surface area contributed by atoms with Gasteiger partial charge in [-0.3, -0.25) is 9.69 Å². The molecule has 0 unspecified atom stereocenters. The second-order valence-corrected chi connectivity index (χ2v) is 9.22. The number of hydrogen-bond acceptors (Lipinski definition) is 6. The van der Waals surface area contributed by atoms with Gasteiger partial charge in [-0.25, -0.2) is 4.98 Å². The predicted octanol–water partition coefficient (Wildman–Crippen LogP) is 5.33. The zero-order valence-electron chi connectivity index (χ0n) is 17.1. The highest BCUT2D eigenvalue weighted by Crippen LogP contribution is 2.33. The molecule has 2 aliphatic heterocycles. The number of benzene rings is 2. The third-order valence-electron chi connectivity index (χ3n) is 5.81. The van der Waals surface area contributed by atoms with Gasteiger partial charge in [-0.15, -0.1) is 11.3 Å². The number of rotatable bonds is 5. The summed E-state index contributed by atoms with van der Waals surface area (Å²) in [6.07, 6.45) is 1.73. The highest BCUT2D eigenvalue weighted by atomic mass is 35.5. The fraction of sp³-hybridized carbons (Fsp3) is 0.333. The quantitative estimate of drug-likeness (QED) is 0.488. The first-order valence-electron chi connectivity index (χ1n) is 10.5. The average Bonchev–Trinajstić information content (AvgIpc) is 3.27. The van der Waals surface area contributed by atoms with Crippen molar-refractivity contribution in [1.29, 1.82) is 0 Å². The number of aromatic nitrogens is 1. The summed E-state index contributed by atoms with van der Waals surface area (Å²) in [4.78, 5) is 20.2. The van der Waals surface area contributed by atoms with Crippen molar-refractivity contribution in [3.05, 3.63) is 64.1 Å². The Labute approximate surface area is 190 Å². The molecular weight excluding hydrogens is 432 g/mol. The van der Waals surface area contributed by atoms with E-state index in [0.717, 1.165) is 65.1 Å². The number of piperidine rings is 1. The van der Waals surface area contributed by atoms with Crippen molar-refractivity contribution in [2.45, 2.75) is 19.4 Å². The zero-order valence-corrected chi connectivity index (χ0v) is 18.6. The highest BCUT2D eigenvalue weighted by Gasteiger charge is 2.27. The summed E-state index contributed by atoms with van der Waals surface area (Å²) in [6.45, 7) is 3.69. The minimum atomic E-state index is 0.0545. The number of likely N-dealkylation sites (tertiary alicyclic amines) is 1. The molecule has 3 heterocycles. The monoisotopic (exact) mass is 454 g/mol. The Morgan fingerprint density at radius 1 is 1.06 bits per heavy atom. The Morgan fingerprint density at radius 2 is 1.81 bits per heavy atom. The van der Waals surface area contributed by atoms with Crippen LogP contribution in [0, 0.1) is 5.92 Å². The van der Waals surface area contributed by atoms with Crippen LogP contribution in [-0.4, -0.2) is 42.0 Å². The Kier molecular flexibility index (Phi) is 5.94. The summed E-state index contributed by atoms with van der Waals surface area (Å²) in [6, 6.07) is 13.3. The van der Waals surface area contributed by atoms with Crippen LogP contribution in [-0.2, 0) is 6.54 Å². The molecule has 0 radical (unpaired) electrons. The Balaban J connectivity index is 1.17. The van der Waals surface area contributed by atoms with Crippen LogP contribution in [0.3, 0.4) is 0 Å². The number of halogens is 1. The van der Waals surface area contributed by atoms with Gasteiger partial charge in [0.1, 0.15) is 18.2 Å². The molecular formula is C24H23ClN2O3S. The van der Waals surface area contributed by atoms with Crippen molar-refractivity contribution in [2.75, 3.05) is 26.3 Å². The van der Waals surface area contributed by atoms with E-state index in [9.17, 15) is 4.79 Å². The van der Waals surface area contributed by atoms with Gasteiger partial charge in [0.2, 0.25) is 0 Å². The van der Waals surface area contributed by atoms with Gasteiger partial charge >= 0.3 is 0 Å².